The summed E-state index contributed by atoms with van der Waals surface area (Å²) < 4.78 is 42.6. The summed E-state index contributed by atoms with van der Waals surface area (Å²) in [4.78, 5) is 26.3. The van der Waals surface area contributed by atoms with Gasteiger partial charge in [0.1, 0.15) is 11.5 Å². The molecular formula is C35H33ClN4O6S. The number of aromatic nitrogens is 2. The molecule has 0 atom stereocenters. The second kappa shape index (κ2) is 13.6. The zero-order valence-corrected chi connectivity index (χ0v) is 27.4. The van der Waals surface area contributed by atoms with Crippen molar-refractivity contribution in [2.24, 2.45) is 5.92 Å². The van der Waals surface area contributed by atoms with Gasteiger partial charge in [-0.2, -0.15) is 14.1 Å². The number of hydrogen-bond donors (Lipinski definition) is 1. The average Bonchev–Trinajstić information content (AvgIpc) is 3.84. The van der Waals surface area contributed by atoms with Crippen molar-refractivity contribution >= 4 is 50.0 Å². The highest BCUT2D eigenvalue weighted by molar-refractivity contribution is 7.89. The number of carbonyl (C=O) groups is 2. The minimum atomic E-state index is -4.26. The summed E-state index contributed by atoms with van der Waals surface area (Å²) in [7, 11) is -1.13. The van der Waals surface area contributed by atoms with Crippen LogP contribution in [0.1, 0.15) is 34.3 Å². The highest BCUT2D eigenvalue weighted by Crippen LogP contribution is 2.35. The molecule has 1 aliphatic carbocycles. The van der Waals surface area contributed by atoms with Gasteiger partial charge >= 0.3 is 0 Å². The van der Waals surface area contributed by atoms with Crippen LogP contribution in [0.15, 0.2) is 96.0 Å². The third kappa shape index (κ3) is 7.17. The van der Waals surface area contributed by atoms with E-state index >= 15 is 0 Å². The summed E-state index contributed by atoms with van der Waals surface area (Å²) in [5.41, 5.74) is 2.61. The summed E-state index contributed by atoms with van der Waals surface area (Å²) in [6.07, 6.45) is 2.87. The molecule has 0 radical (unpaired) electrons. The molecule has 1 N–H and O–H groups in total. The zero-order chi connectivity index (χ0) is 33.1. The molecule has 47 heavy (non-hydrogen) atoms. The lowest BCUT2D eigenvalue weighted by Crippen LogP contribution is -2.30. The Morgan fingerprint density at radius 2 is 1.51 bits per heavy atom. The van der Waals surface area contributed by atoms with Crippen LogP contribution in [0.3, 0.4) is 0 Å². The number of fused-ring (bicyclic) bond motifs is 1. The van der Waals surface area contributed by atoms with Gasteiger partial charge in [-0.3, -0.25) is 9.59 Å². The second-order valence-corrected chi connectivity index (χ2v) is 13.7. The Hall–Kier alpha value is -4.71. The lowest BCUT2D eigenvalue weighted by atomic mass is 10.1. The number of benzene rings is 4. The first-order valence-corrected chi connectivity index (χ1v) is 16.8. The third-order valence-corrected chi connectivity index (χ3v) is 10.2. The van der Waals surface area contributed by atoms with Crippen LogP contribution in [0.4, 0.5) is 5.69 Å². The molecule has 0 unspecified atom stereocenters. The Kier molecular flexibility index (Phi) is 9.31. The predicted molar refractivity (Wildman–Crippen MR) is 179 cm³/mol. The van der Waals surface area contributed by atoms with Crippen LogP contribution in [0.5, 0.6) is 11.5 Å². The number of ether oxygens (including phenoxy) is 2. The lowest BCUT2D eigenvalue weighted by Gasteiger charge is -2.24. The molecule has 6 rings (SSSR count). The molecule has 0 saturated heterocycles. The lowest BCUT2D eigenvalue weighted by molar-refractivity contribution is -0.115. The molecule has 1 aromatic heterocycles. The number of hydrogen-bond acceptors (Lipinski definition) is 7. The number of anilines is 1. The standard InChI is InChI=1S/C35H33ClN4O6S/c1-45-28-13-7-23(8-14-28)21-39(22-24-9-15-29(46-2)16-10-24)47(43,44)33-19-27(38-34(41)17-26-5-3-4-6-31(26)36)18-32-30(33)20-37-40(32)35(42)25-11-12-25/h3-10,13-16,18-20,25H,11-12,17,21-22H2,1-2H3,(H,38,41). The van der Waals surface area contributed by atoms with E-state index in [4.69, 9.17) is 21.1 Å². The fourth-order valence-electron chi connectivity index (χ4n) is 5.31. The van der Waals surface area contributed by atoms with E-state index in [2.05, 4.69) is 10.4 Å². The van der Waals surface area contributed by atoms with E-state index in [9.17, 15) is 18.0 Å². The van der Waals surface area contributed by atoms with Crippen molar-refractivity contribution in [1.29, 1.82) is 0 Å². The first-order chi connectivity index (χ1) is 22.7. The SMILES string of the molecule is COc1ccc(CN(Cc2ccc(OC)cc2)S(=O)(=O)c2cc(NC(=O)Cc3ccccc3Cl)cc3c2cnn3C(=O)C2CC2)cc1. The molecule has 0 spiro atoms. The van der Waals surface area contributed by atoms with Crippen molar-refractivity contribution in [1.82, 2.24) is 14.1 Å². The molecule has 1 amide bonds. The average molecular weight is 673 g/mol. The molecule has 0 bridgehead atoms. The van der Waals surface area contributed by atoms with Crippen LogP contribution in [0.2, 0.25) is 5.02 Å². The Bertz CT molecular complexity index is 1990. The Labute approximate surface area is 277 Å². The molecule has 12 heteroatoms. The number of nitrogens with zero attached hydrogens (tertiary/aromatic N) is 3. The van der Waals surface area contributed by atoms with Crippen molar-refractivity contribution in [2.45, 2.75) is 37.2 Å². The van der Waals surface area contributed by atoms with Gasteiger partial charge < -0.3 is 14.8 Å². The summed E-state index contributed by atoms with van der Waals surface area (Å²) >= 11 is 6.28. The number of nitrogens with one attached hydrogen (secondary N) is 1. The first kappa shape index (κ1) is 32.2. The van der Waals surface area contributed by atoms with Gasteiger partial charge in [0.25, 0.3) is 5.91 Å². The highest BCUT2D eigenvalue weighted by Gasteiger charge is 2.34. The molecule has 1 saturated carbocycles. The smallest absolute Gasteiger partial charge is 0.250 e. The van der Waals surface area contributed by atoms with Gasteiger partial charge in [-0.1, -0.05) is 54.1 Å². The molecule has 5 aromatic rings. The van der Waals surface area contributed by atoms with Crippen molar-refractivity contribution in [3.05, 3.63) is 113 Å². The minimum Gasteiger partial charge on any atom is -0.497 e. The third-order valence-electron chi connectivity index (χ3n) is 8.03. The largest absolute Gasteiger partial charge is 0.497 e. The normalized spacial score (nSPS) is 13.1. The number of rotatable bonds is 12. The van der Waals surface area contributed by atoms with Gasteiger partial charge in [-0.15, -0.1) is 0 Å². The maximum absolute atomic E-state index is 14.7. The van der Waals surface area contributed by atoms with Gasteiger partial charge in [0.15, 0.2) is 0 Å². The van der Waals surface area contributed by atoms with Crippen LogP contribution < -0.4 is 14.8 Å². The fraction of sp³-hybridized carbons (Fsp3) is 0.229. The van der Waals surface area contributed by atoms with Gasteiger partial charge in [0.05, 0.1) is 37.2 Å². The Balaban J connectivity index is 1.42. The molecule has 1 aliphatic rings. The summed E-state index contributed by atoms with van der Waals surface area (Å²) in [6, 6.07) is 24.3. The van der Waals surface area contributed by atoms with E-state index < -0.39 is 15.9 Å². The quantitative estimate of drug-likeness (QED) is 0.165. The van der Waals surface area contributed by atoms with E-state index in [-0.39, 0.29) is 47.3 Å². The number of amides is 1. The second-order valence-electron chi connectivity index (χ2n) is 11.4. The molecule has 1 fully saturated rings. The van der Waals surface area contributed by atoms with E-state index in [1.54, 1.807) is 68.8 Å². The minimum absolute atomic E-state index is 0.0267. The molecule has 242 valence electrons. The van der Waals surface area contributed by atoms with E-state index in [0.717, 1.165) is 24.0 Å². The summed E-state index contributed by atoms with van der Waals surface area (Å²) in [5, 5.41) is 7.87. The monoisotopic (exact) mass is 672 g/mol. The summed E-state index contributed by atoms with van der Waals surface area (Å²) in [5.74, 6) is 0.518. The number of carbonyl (C=O) groups excluding carboxylic acids is 2. The van der Waals surface area contributed by atoms with Crippen molar-refractivity contribution in [2.75, 3.05) is 19.5 Å². The van der Waals surface area contributed by atoms with Gasteiger partial charge in [0.2, 0.25) is 15.9 Å². The predicted octanol–water partition coefficient (Wildman–Crippen LogP) is 6.33. The first-order valence-electron chi connectivity index (χ1n) is 15.0. The van der Waals surface area contributed by atoms with Crippen LogP contribution in [0, 0.1) is 5.92 Å². The van der Waals surface area contributed by atoms with Crippen molar-refractivity contribution in [3.8, 4) is 11.5 Å². The highest BCUT2D eigenvalue weighted by atomic mass is 35.5. The Morgan fingerprint density at radius 1 is 0.915 bits per heavy atom. The maximum Gasteiger partial charge on any atom is 0.250 e. The number of methoxy groups -OCH3 is 2. The van der Waals surface area contributed by atoms with Crippen molar-refractivity contribution < 1.29 is 27.5 Å². The van der Waals surface area contributed by atoms with Crippen LogP contribution in [-0.2, 0) is 34.3 Å². The fourth-order valence-corrected chi connectivity index (χ4v) is 7.14. The van der Waals surface area contributed by atoms with Crippen LogP contribution in [-0.4, -0.2) is 48.5 Å². The van der Waals surface area contributed by atoms with Gasteiger partial charge in [-0.05, 0) is 72.0 Å². The van der Waals surface area contributed by atoms with Gasteiger partial charge in [-0.25, -0.2) is 8.42 Å². The zero-order valence-electron chi connectivity index (χ0n) is 25.9. The van der Waals surface area contributed by atoms with E-state index in [1.807, 2.05) is 24.3 Å². The number of sulfonamides is 1. The molecule has 4 aromatic carbocycles. The number of halogens is 1. The molecular weight excluding hydrogens is 640 g/mol. The van der Waals surface area contributed by atoms with E-state index in [1.165, 1.54) is 21.3 Å². The Morgan fingerprint density at radius 3 is 2.06 bits per heavy atom. The topological polar surface area (TPSA) is 120 Å². The van der Waals surface area contributed by atoms with Crippen LogP contribution >= 0.6 is 11.6 Å². The molecule has 10 nitrogen and oxygen atoms in total. The van der Waals surface area contributed by atoms with Crippen molar-refractivity contribution in [3.63, 3.8) is 0 Å². The summed E-state index contributed by atoms with van der Waals surface area (Å²) in [6.45, 7) is 0.0795. The van der Waals surface area contributed by atoms with E-state index in [0.29, 0.717) is 27.6 Å². The molecule has 0 aliphatic heterocycles. The molecule has 1 heterocycles. The maximum atomic E-state index is 14.7. The van der Waals surface area contributed by atoms with Crippen LogP contribution in [0.25, 0.3) is 10.9 Å². The van der Waals surface area contributed by atoms with Gasteiger partial charge in [0, 0.05) is 35.1 Å².